The summed E-state index contributed by atoms with van der Waals surface area (Å²) in [5.74, 6) is -0.428. The van der Waals surface area contributed by atoms with Gasteiger partial charge in [0.25, 0.3) is 0 Å². The molecule has 0 aliphatic carbocycles. The fourth-order valence-corrected chi connectivity index (χ4v) is 3.03. The van der Waals surface area contributed by atoms with Crippen molar-refractivity contribution in [2.75, 3.05) is 12.3 Å². The minimum absolute atomic E-state index is 0.219. The minimum Gasteiger partial charge on any atom is -0.398 e. The first-order valence-electron chi connectivity index (χ1n) is 5.55. The summed E-state index contributed by atoms with van der Waals surface area (Å²) >= 11 is 1.66. The topological polar surface area (TPSA) is 78.3 Å². The standard InChI is InChI=1S/C12H16N2O2S/c1-7-10(4-5-16-7)17-11-6-8(12(14)15)2-3-9(11)13/h2-3,6-7,10H,4-5,13H2,1H3,(H2,14,15). The molecule has 0 spiro atoms. The van der Waals surface area contributed by atoms with Gasteiger partial charge in [-0.25, -0.2) is 0 Å². The van der Waals surface area contributed by atoms with Crippen LogP contribution in [0.2, 0.25) is 0 Å². The lowest BCUT2D eigenvalue weighted by Crippen LogP contribution is -2.14. The van der Waals surface area contributed by atoms with Crippen molar-refractivity contribution in [2.24, 2.45) is 5.73 Å². The highest BCUT2D eigenvalue weighted by atomic mass is 32.2. The molecular formula is C12H16N2O2S. The predicted octanol–water partition coefficient (Wildman–Crippen LogP) is 1.64. The van der Waals surface area contributed by atoms with Crippen molar-refractivity contribution in [1.82, 2.24) is 0 Å². The number of carbonyl (C=O) groups is 1. The van der Waals surface area contributed by atoms with Crippen LogP contribution in [0.15, 0.2) is 23.1 Å². The lowest BCUT2D eigenvalue weighted by Gasteiger charge is -2.15. The number of nitrogen functional groups attached to an aromatic ring is 1. The maximum Gasteiger partial charge on any atom is 0.248 e. The fourth-order valence-electron chi connectivity index (χ4n) is 1.82. The van der Waals surface area contributed by atoms with Gasteiger partial charge in [-0.1, -0.05) is 0 Å². The SMILES string of the molecule is CC1OCCC1Sc1cc(C(N)=O)ccc1N. The van der Waals surface area contributed by atoms with Crippen LogP contribution in [-0.2, 0) is 4.74 Å². The molecule has 17 heavy (non-hydrogen) atoms. The molecule has 5 heteroatoms. The Kier molecular flexibility index (Phi) is 3.59. The van der Waals surface area contributed by atoms with E-state index in [9.17, 15) is 4.79 Å². The first kappa shape index (κ1) is 12.3. The zero-order chi connectivity index (χ0) is 12.4. The van der Waals surface area contributed by atoms with Gasteiger partial charge in [0, 0.05) is 28.0 Å². The Balaban J connectivity index is 2.19. The van der Waals surface area contributed by atoms with E-state index in [-0.39, 0.29) is 6.10 Å². The molecule has 4 N–H and O–H groups in total. The highest BCUT2D eigenvalue weighted by molar-refractivity contribution is 8.00. The molecular weight excluding hydrogens is 236 g/mol. The zero-order valence-corrected chi connectivity index (χ0v) is 10.5. The summed E-state index contributed by atoms with van der Waals surface area (Å²) in [7, 11) is 0. The molecule has 2 atom stereocenters. The minimum atomic E-state index is -0.428. The van der Waals surface area contributed by atoms with E-state index in [2.05, 4.69) is 6.92 Å². The van der Waals surface area contributed by atoms with Gasteiger partial charge in [0.15, 0.2) is 0 Å². The molecule has 1 fully saturated rings. The molecule has 1 saturated heterocycles. The van der Waals surface area contributed by atoms with Gasteiger partial charge < -0.3 is 16.2 Å². The highest BCUT2D eigenvalue weighted by Gasteiger charge is 2.25. The number of thioether (sulfide) groups is 1. The van der Waals surface area contributed by atoms with Crippen LogP contribution >= 0.6 is 11.8 Å². The first-order chi connectivity index (χ1) is 8.08. The second-order valence-corrected chi connectivity index (χ2v) is 5.42. The third-order valence-electron chi connectivity index (χ3n) is 2.88. The second kappa shape index (κ2) is 4.98. The van der Waals surface area contributed by atoms with Crippen LogP contribution < -0.4 is 11.5 Å². The Morgan fingerprint density at radius 1 is 1.53 bits per heavy atom. The lowest BCUT2D eigenvalue weighted by molar-refractivity contribution is 0.1000. The van der Waals surface area contributed by atoms with Crippen molar-refractivity contribution in [1.29, 1.82) is 0 Å². The number of rotatable bonds is 3. The van der Waals surface area contributed by atoms with Crippen molar-refractivity contribution in [3.8, 4) is 0 Å². The number of hydrogen-bond donors (Lipinski definition) is 2. The molecule has 1 aliphatic heterocycles. The third kappa shape index (κ3) is 2.73. The van der Waals surface area contributed by atoms with Crippen molar-refractivity contribution in [3.63, 3.8) is 0 Å². The molecule has 0 radical (unpaired) electrons. The maximum atomic E-state index is 11.1. The Labute approximate surface area is 105 Å². The van der Waals surface area contributed by atoms with Gasteiger partial charge in [-0.05, 0) is 31.5 Å². The number of anilines is 1. The Morgan fingerprint density at radius 2 is 2.29 bits per heavy atom. The average molecular weight is 252 g/mol. The third-order valence-corrected chi connectivity index (χ3v) is 4.41. The van der Waals surface area contributed by atoms with Crippen LogP contribution in [0.3, 0.4) is 0 Å². The van der Waals surface area contributed by atoms with Gasteiger partial charge in [0.1, 0.15) is 0 Å². The number of primary amides is 1. The van der Waals surface area contributed by atoms with Gasteiger partial charge in [-0.3, -0.25) is 4.79 Å². The van der Waals surface area contributed by atoms with Crippen molar-refractivity contribution in [2.45, 2.75) is 29.6 Å². The number of nitrogens with two attached hydrogens (primary N) is 2. The van der Waals surface area contributed by atoms with Crippen molar-refractivity contribution >= 4 is 23.4 Å². The van der Waals surface area contributed by atoms with Crippen molar-refractivity contribution in [3.05, 3.63) is 23.8 Å². The van der Waals surface area contributed by atoms with E-state index in [1.165, 1.54) is 0 Å². The Bertz CT molecular complexity index is 437. The first-order valence-corrected chi connectivity index (χ1v) is 6.43. The maximum absolute atomic E-state index is 11.1. The van der Waals surface area contributed by atoms with Crippen LogP contribution in [0.1, 0.15) is 23.7 Å². The van der Waals surface area contributed by atoms with Crippen LogP contribution in [0.5, 0.6) is 0 Å². The lowest BCUT2D eigenvalue weighted by atomic mass is 10.2. The summed E-state index contributed by atoms with van der Waals surface area (Å²) in [5.41, 5.74) is 12.3. The van der Waals surface area contributed by atoms with Gasteiger partial charge in [0.2, 0.25) is 5.91 Å². The molecule has 92 valence electrons. The molecule has 1 aromatic carbocycles. The van der Waals surface area contributed by atoms with Crippen LogP contribution in [-0.4, -0.2) is 23.9 Å². The van der Waals surface area contributed by atoms with Crippen LogP contribution in [0.4, 0.5) is 5.69 Å². The number of ether oxygens (including phenoxy) is 1. The fraction of sp³-hybridized carbons (Fsp3) is 0.417. The number of carbonyl (C=O) groups excluding carboxylic acids is 1. The summed E-state index contributed by atoms with van der Waals surface area (Å²) in [6, 6.07) is 5.13. The Morgan fingerprint density at radius 3 is 2.88 bits per heavy atom. The van der Waals surface area contributed by atoms with Gasteiger partial charge in [-0.15, -0.1) is 11.8 Å². The Hall–Kier alpha value is -1.20. The summed E-state index contributed by atoms with van der Waals surface area (Å²) in [6.07, 6.45) is 1.23. The van der Waals surface area contributed by atoms with E-state index in [1.807, 2.05) is 0 Å². The van der Waals surface area contributed by atoms with E-state index in [4.69, 9.17) is 16.2 Å². The zero-order valence-electron chi connectivity index (χ0n) is 9.68. The number of benzene rings is 1. The summed E-state index contributed by atoms with van der Waals surface area (Å²) in [5, 5.41) is 0.389. The molecule has 2 rings (SSSR count). The molecule has 1 heterocycles. The smallest absolute Gasteiger partial charge is 0.248 e. The summed E-state index contributed by atoms with van der Waals surface area (Å²) in [6.45, 7) is 2.84. The molecule has 1 amide bonds. The molecule has 0 aromatic heterocycles. The van der Waals surface area contributed by atoms with Gasteiger partial charge in [-0.2, -0.15) is 0 Å². The van der Waals surface area contributed by atoms with E-state index in [1.54, 1.807) is 30.0 Å². The number of amides is 1. The van der Waals surface area contributed by atoms with Crippen LogP contribution in [0, 0.1) is 0 Å². The van der Waals surface area contributed by atoms with E-state index in [0.717, 1.165) is 17.9 Å². The molecule has 0 bridgehead atoms. The molecule has 1 aliphatic rings. The van der Waals surface area contributed by atoms with E-state index < -0.39 is 5.91 Å². The summed E-state index contributed by atoms with van der Waals surface area (Å²) in [4.78, 5) is 12.0. The largest absolute Gasteiger partial charge is 0.398 e. The average Bonchev–Trinajstić information content (AvgIpc) is 2.67. The van der Waals surface area contributed by atoms with E-state index in [0.29, 0.717) is 16.5 Å². The van der Waals surface area contributed by atoms with E-state index >= 15 is 0 Å². The van der Waals surface area contributed by atoms with Gasteiger partial charge in [0.05, 0.1) is 6.10 Å². The second-order valence-electron chi connectivity index (χ2n) is 4.14. The predicted molar refractivity (Wildman–Crippen MR) is 69.0 cm³/mol. The monoisotopic (exact) mass is 252 g/mol. The molecule has 2 unspecified atom stereocenters. The molecule has 0 saturated carbocycles. The quantitative estimate of drug-likeness (QED) is 0.802. The summed E-state index contributed by atoms with van der Waals surface area (Å²) < 4.78 is 5.50. The van der Waals surface area contributed by atoms with Crippen molar-refractivity contribution < 1.29 is 9.53 Å². The molecule has 4 nitrogen and oxygen atoms in total. The van der Waals surface area contributed by atoms with Gasteiger partial charge >= 0.3 is 0 Å². The molecule has 1 aromatic rings. The van der Waals surface area contributed by atoms with Crippen LogP contribution in [0.25, 0.3) is 0 Å². The number of hydrogen-bond acceptors (Lipinski definition) is 4. The highest BCUT2D eigenvalue weighted by Crippen LogP contribution is 2.35. The normalized spacial score (nSPS) is 23.8.